The molecular weight excluding hydrogens is 302 g/mol. The fourth-order valence-corrected chi connectivity index (χ4v) is 4.34. The molecule has 1 aliphatic rings. The molecule has 0 aromatic carbocycles. The van der Waals surface area contributed by atoms with E-state index >= 15 is 0 Å². The number of fused-ring (bicyclic) bond motifs is 1. The Bertz CT molecular complexity index is 708. The van der Waals surface area contributed by atoms with Gasteiger partial charge in [0.25, 0.3) is 0 Å². The number of nitrogens with zero attached hydrogens (tertiary/aromatic N) is 2. The first-order valence-electron chi connectivity index (χ1n) is 7.57. The highest BCUT2D eigenvalue weighted by Gasteiger charge is 2.30. The van der Waals surface area contributed by atoms with Crippen molar-refractivity contribution in [1.82, 2.24) is 14.1 Å². The van der Waals surface area contributed by atoms with Gasteiger partial charge in [-0.05, 0) is 31.9 Å². The molecule has 0 amide bonds. The van der Waals surface area contributed by atoms with Crippen LogP contribution in [0.25, 0.3) is 5.65 Å². The molecule has 0 radical (unpaired) electrons. The summed E-state index contributed by atoms with van der Waals surface area (Å²) >= 11 is 0. The predicted octanol–water partition coefficient (Wildman–Crippen LogP) is 1.36. The van der Waals surface area contributed by atoms with E-state index in [1.165, 1.54) is 0 Å². The van der Waals surface area contributed by atoms with E-state index in [4.69, 9.17) is 4.74 Å². The topological polar surface area (TPSA) is 72.7 Å². The Balaban J connectivity index is 1.57. The lowest BCUT2D eigenvalue weighted by atomic mass is 10.1. The molecule has 2 unspecified atom stereocenters. The fourth-order valence-electron chi connectivity index (χ4n) is 2.79. The van der Waals surface area contributed by atoms with Gasteiger partial charge in [-0.2, -0.15) is 0 Å². The summed E-state index contributed by atoms with van der Waals surface area (Å²) in [5.74, 6) is 0. The van der Waals surface area contributed by atoms with Gasteiger partial charge in [0.15, 0.2) is 0 Å². The van der Waals surface area contributed by atoms with Crippen molar-refractivity contribution in [3.05, 3.63) is 36.3 Å². The van der Waals surface area contributed by atoms with Crippen LogP contribution in [0.1, 0.15) is 25.5 Å². The van der Waals surface area contributed by atoms with Gasteiger partial charge in [-0.15, -0.1) is 0 Å². The van der Waals surface area contributed by atoms with E-state index in [0.717, 1.165) is 11.3 Å². The number of pyridine rings is 1. The number of aromatic nitrogens is 2. The first-order valence-corrected chi connectivity index (χ1v) is 9.12. The first kappa shape index (κ1) is 15.5. The summed E-state index contributed by atoms with van der Waals surface area (Å²) in [4.78, 5) is 4.47. The minimum Gasteiger partial charge on any atom is -0.378 e. The Hall–Kier alpha value is -1.44. The average Bonchev–Trinajstić information content (AvgIpc) is 2.89. The lowest BCUT2D eigenvalue weighted by Gasteiger charge is -2.27. The maximum absolute atomic E-state index is 12.3. The molecule has 3 heterocycles. The first-order chi connectivity index (χ1) is 10.5. The van der Waals surface area contributed by atoms with Crippen LogP contribution in [-0.4, -0.2) is 42.3 Å². The Morgan fingerprint density at radius 1 is 1.45 bits per heavy atom. The van der Waals surface area contributed by atoms with E-state index in [1.807, 2.05) is 41.9 Å². The standard InChI is InChI=1S/C15H21N3O3S/c1-12-10-14(6-9-21-12)22(19,20)16-7-5-13-11-18-8-3-2-4-15(18)17-13/h2-4,8,11-12,14,16H,5-7,9-10H2,1H3. The van der Waals surface area contributed by atoms with E-state index in [-0.39, 0.29) is 11.4 Å². The Morgan fingerprint density at radius 3 is 3.09 bits per heavy atom. The van der Waals surface area contributed by atoms with Crippen LogP contribution in [0.4, 0.5) is 0 Å². The van der Waals surface area contributed by atoms with Crippen LogP contribution in [0.15, 0.2) is 30.6 Å². The lowest BCUT2D eigenvalue weighted by Crippen LogP contribution is -2.40. The fraction of sp³-hybridized carbons (Fsp3) is 0.533. The third-order valence-electron chi connectivity index (χ3n) is 3.97. The van der Waals surface area contributed by atoms with Crippen LogP contribution in [0.2, 0.25) is 0 Å². The molecule has 22 heavy (non-hydrogen) atoms. The van der Waals surface area contributed by atoms with Crippen LogP contribution >= 0.6 is 0 Å². The molecule has 0 saturated carbocycles. The number of hydrogen-bond acceptors (Lipinski definition) is 4. The maximum Gasteiger partial charge on any atom is 0.214 e. The summed E-state index contributed by atoms with van der Waals surface area (Å²) < 4.78 is 34.7. The summed E-state index contributed by atoms with van der Waals surface area (Å²) in [6.45, 7) is 2.80. The Labute approximate surface area is 130 Å². The normalized spacial score (nSPS) is 23.0. The molecule has 1 saturated heterocycles. The molecule has 0 bridgehead atoms. The number of ether oxygens (including phenoxy) is 1. The SMILES string of the molecule is CC1CC(S(=O)(=O)NCCc2cn3ccccc3n2)CCO1. The van der Waals surface area contributed by atoms with E-state index in [2.05, 4.69) is 9.71 Å². The molecule has 1 fully saturated rings. The van der Waals surface area contributed by atoms with Gasteiger partial charge in [-0.25, -0.2) is 18.1 Å². The van der Waals surface area contributed by atoms with E-state index in [0.29, 0.717) is 32.4 Å². The second kappa shape index (κ2) is 6.36. The summed E-state index contributed by atoms with van der Waals surface area (Å²) in [5.41, 5.74) is 1.76. The minimum atomic E-state index is -3.28. The number of rotatable bonds is 5. The van der Waals surface area contributed by atoms with Crippen molar-refractivity contribution in [2.75, 3.05) is 13.2 Å². The van der Waals surface area contributed by atoms with Gasteiger partial charge in [0, 0.05) is 32.0 Å². The quantitative estimate of drug-likeness (QED) is 0.902. The molecule has 2 aromatic rings. The van der Waals surface area contributed by atoms with Gasteiger partial charge >= 0.3 is 0 Å². The highest BCUT2D eigenvalue weighted by molar-refractivity contribution is 7.90. The predicted molar refractivity (Wildman–Crippen MR) is 84.3 cm³/mol. The molecule has 7 heteroatoms. The van der Waals surface area contributed by atoms with Crippen molar-refractivity contribution in [3.8, 4) is 0 Å². The van der Waals surface area contributed by atoms with Crippen molar-refractivity contribution >= 4 is 15.7 Å². The third kappa shape index (κ3) is 3.48. The number of nitrogens with one attached hydrogen (secondary N) is 1. The molecule has 3 rings (SSSR count). The van der Waals surface area contributed by atoms with E-state index < -0.39 is 10.0 Å². The zero-order chi connectivity index (χ0) is 15.6. The van der Waals surface area contributed by atoms with Gasteiger partial charge in [0.05, 0.1) is 17.0 Å². The molecule has 1 aliphatic heterocycles. The molecule has 1 N–H and O–H groups in total. The number of sulfonamides is 1. The molecule has 2 aromatic heterocycles. The third-order valence-corrected chi connectivity index (χ3v) is 5.89. The van der Waals surface area contributed by atoms with Crippen LogP contribution in [0.5, 0.6) is 0 Å². The van der Waals surface area contributed by atoms with Crippen LogP contribution < -0.4 is 4.72 Å². The maximum atomic E-state index is 12.3. The van der Waals surface area contributed by atoms with Crippen molar-refractivity contribution in [2.24, 2.45) is 0 Å². The largest absolute Gasteiger partial charge is 0.378 e. The second-order valence-corrected chi connectivity index (χ2v) is 7.76. The Kier molecular flexibility index (Phi) is 4.46. The van der Waals surface area contributed by atoms with Crippen molar-refractivity contribution in [2.45, 2.75) is 37.5 Å². The number of hydrogen-bond donors (Lipinski definition) is 1. The van der Waals surface area contributed by atoms with Crippen LogP contribution in [0.3, 0.4) is 0 Å². The number of imidazole rings is 1. The zero-order valence-electron chi connectivity index (χ0n) is 12.6. The highest BCUT2D eigenvalue weighted by atomic mass is 32.2. The lowest BCUT2D eigenvalue weighted by molar-refractivity contribution is 0.0299. The minimum absolute atomic E-state index is 0.00812. The molecule has 2 atom stereocenters. The molecule has 0 aliphatic carbocycles. The van der Waals surface area contributed by atoms with Crippen LogP contribution in [0, 0.1) is 0 Å². The highest BCUT2D eigenvalue weighted by Crippen LogP contribution is 2.19. The van der Waals surface area contributed by atoms with Gasteiger partial charge in [0.2, 0.25) is 10.0 Å². The summed E-state index contributed by atoms with van der Waals surface area (Å²) in [7, 11) is -3.28. The molecular formula is C15H21N3O3S. The summed E-state index contributed by atoms with van der Waals surface area (Å²) in [6, 6.07) is 5.80. The second-order valence-electron chi connectivity index (χ2n) is 5.72. The van der Waals surface area contributed by atoms with Gasteiger partial charge in [-0.3, -0.25) is 0 Å². The smallest absolute Gasteiger partial charge is 0.214 e. The monoisotopic (exact) mass is 323 g/mol. The van der Waals surface area contributed by atoms with Gasteiger partial charge in [0.1, 0.15) is 5.65 Å². The average molecular weight is 323 g/mol. The van der Waals surface area contributed by atoms with E-state index in [9.17, 15) is 8.42 Å². The van der Waals surface area contributed by atoms with E-state index in [1.54, 1.807) is 0 Å². The van der Waals surface area contributed by atoms with Crippen molar-refractivity contribution in [1.29, 1.82) is 0 Å². The van der Waals surface area contributed by atoms with Crippen molar-refractivity contribution in [3.63, 3.8) is 0 Å². The van der Waals surface area contributed by atoms with Crippen LogP contribution in [-0.2, 0) is 21.2 Å². The summed E-state index contributed by atoms with van der Waals surface area (Å²) in [6.07, 6.45) is 5.57. The molecule has 120 valence electrons. The zero-order valence-corrected chi connectivity index (χ0v) is 13.4. The molecule has 0 spiro atoms. The summed E-state index contributed by atoms with van der Waals surface area (Å²) in [5, 5.41) is -0.350. The van der Waals surface area contributed by atoms with Crippen molar-refractivity contribution < 1.29 is 13.2 Å². The Morgan fingerprint density at radius 2 is 2.32 bits per heavy atom. The van der Waals surface area contributed by atoms with Gasteiger partial charge in [-0.1, -0.05) is 6.07 Å². The van der Waals surface area contributed by atoms with Gasteiger partial charge < -0.3 is 9.14 Å². The molecule has 6 nitrogen and oxygen atoms in total.